The van der Waals surface area contributed by atoms with Crippen LogP contribution in [0.5, 0.6) is 0 Å². The molecule has 2 heterocycles. The van der Waals surface area contributed by atoms with Gasteiger partial charge >= 0.3 is 0 Å². The van der Waals surface area contributed by atoms with E-state index in [2.05, 4.69) is 32.1 Å². The summed E-state index contributed by atoms with van der Waals surface area (Å²) in [4.78, 5) is 17.6. The maximum atomic E-state index is 5.65. The van der Waals surface area contributed by atoms with Crippen molar-refractivity contribution in [2.24, 2.45) is 0 Å². The summed E-state index contributed by atoms with van der Waals surface area (Å²) in [6.07, 6.45) is 2.13. The Hall–Kier alpha value is -1.63. The number of hydrogen-bond acceptors (Lipinski definition) is 7. The summed E-state index contributed by atoms with van der Waals surface area (Å²) in [6.45, 7) is 6.69. The Balaban J connectivity index is 2.29. The first kappa shape index (κ1) is 15.8. The van der Waals surface area contributed by atoms with Crippen molar-refractivity contribution in [3.63, 3.8) is 0 Å². The average Bonchev–Trinajstić information content (AvgIpc) is 2.47. The zero-order valence-corrected chi connectivity index (χ0v) is 13.7. The van der Waals surface area contributed by atoms with Gasteiger partial charge in [0, 0.05) is 40.8 Å². The summed E-state index contributed by atoms with van der Waals surface area (Å²) in [7, 11) is 5.64. The quantitative estimate of drug-likeness (QED) is 0.880. The molecule has 0 spiro atoms. The molecule has 1 N–H and O–H groups in total. The van der Waals surface area contributed by atoms with Crippen molar-refractivity contribution in [1.82, 2.24) is 15.0 Å². The zero-order chi connectivity index (χ0) is 15.5. The highest BCUT2D eigenvalue weighted by Crippen LogP contribution is 2.27. The van der Waals surface area contributed by atoms with Crippen molar-refractivity contribution >= 4 is 17.8 Å². The summed E-state index contributed by atoms with van der Waals surface area (Å²) < 4.78 is 5.65. The van der Waals surface area contributed by atoms with E-state index >= 15 is 0 Å². The monoisotopic (exact) mass is 294 g/mol. The molecule has 0 bridgehead atoms. The molecule has 1 atom stereocenters. The lowest BCUT2D eigenvalue weighted by molar-refractivity contribution is -0.00498. The predicted octanol–water partition coefficient (Wildman–Crippen LogP) is 1.37. The molecule has 1 unspecified atom stereocenters. The summed E-state index contributed by atoms with van der Waals surface area (Å²) in [5.74, 6) is 2.00. The number of nitrogens with zero attached hydrogens (tertiary/aromatic N) is 5. The van der Waals surface area contributed by atoms with Gasteiger partial charge in [0.15, 0.2) is 0 Å². The Bertz CT molecular complexity index is 481. The fourth-order valence-corrected chi connectivity index (χ4v) is 2.48. The molecule has 0 aromatic carbocycles. The van der Waals surface area contributed by atoms with E-state index in [-0.39, 0.29) is 5.60 Å². The lowest BCUT2D eigenvalue weighted by Gasteiger charge is -2.39. The third kappa shape index (κ3) is 3.72. The highest BCUT2D eigenvalue weighted by Gasteiger charge is 2.32. The normalized spacial score (nSPS) is 22.2. The smallest absolute Gasteiger partial charge is 0.232 e. The van der Waals surface area contributed by atoms with Gasteiger partial charge in [0.25, 0.3) is 0 Å². The fourth-order valence-electron chi connectivity index (χ4n) is 2.48. The minimum atomic E-state index is -0.137. The van der Waals surface area contributed by atoms with Gasteiger partial charge in [-0.1, -0.05) is 0 Å². The topological polar surface area (TPSA) is 66.4 Å². The number of piperidine rings is 1. The lowest BCUT2D eigenvalue weighted by Crippen LogP contribution is -2.48. The first-order chi connectivity index (χ1) is 9.97. The molecular weight excluding hydrogens is 268 g/mol. The van der Waals surface area contributed by atoms with Gasteiger partial charge in [-0.15, -0.1) is 0 Å². The van der Waals surface area contributed by atoms with Crippen LogP contribution in [0.1, 0.15) is 26.7 Å². The summed E-state index contributed by atoms with van der Waals surface area (Å²) in [5.41, 5.74) is -0.137. The first-order valence-electron chi connectivity index (χ1n) is 7.45. The van der Waals surface area contributed by atoms with Crippen LogP contribution in [-0.4, -0.2) is 61.4 Å². The molecule has 1 aliphatic heterocycles. The Morgan fingerprint density at radius 1 is 1.33 bits per heavy atom. The third-order valence-corrected chi connectivity index (χ3v) is 3.78. The number of rotatable bonds is 5. The van der Waals surface area contributed by atoms with Gasteiger partial charge in [-0.2, -0.15) is 15.0 Å². The Morgan fingerprint density at radius 2 is 2.10 bits per heavy atom. The van der Waals surface area contributed by atoms with Crippen LogP contribution >= 0.6 is 0 Å². The summed E-state index contributed by atoms with van der Waals surface area (Å²) in [5, 5.41) is 3.17. The molecule has 0 radical (unpaired) electrons. The molecular formula is C14H26N6O. The van der Waals surface area contributed by atoms with Gasteiger partial charge in [-0.3, -0.25) is 0 Å². The second kappa shape index (κ2) is 6.43. The van der Waals surface area contributed by atoms with E-state index in [0.717, 1.165) is 32.5 Å². The van der Waals surface area contributed by atoms with Crippen molar-refractivity contribution in [2.45, 2.75) is 32.3 Å². The van der Waals surface area contributed by atoms with E-state index in [1.807, 2.05) is 25.9 Å². The van der Waals surface area contributed by atoms with Crippen LogP contribution in [0.25, 0.3) is 0 Å². The van der Waals surface area contributed by atoms with Crippen molar-refractivity contribution < 1.29 is 4.74 Å². The van der Waals surface area contributed by atoms with E-state index < -0.39 is 0 Å². The number of methoxy groups -OCH3 is 1. The number of hydrogen-bond donors (Lipinski definition) is 1. The number of anilines is 3. The van der Waals surface area contributed by atoms with E-state index in [9.17, 15) is 0 Å². The van der Waals surface area contributed by atoms with Gasteiger partial charge in [0.2, 0.25) is 17.8 Å². The van der Waals surface area contributed by atoms with Crippen LogP contribution in [0.3, 0.4) is 0 Å². The maximum Gasteiger partial charge on any atom is 0.232 e. The molecule has 0 aliphatic carbocycles. The SMILES string of the molecule is CCNc1nc(N(C)C)nc(N2CCCC(C)(OC)C2)n1. The molecule has 1 fully saturated rings. The second-order valence-corrected chi connectivity index (χ2v) is 5.86. The van der Waals surface area contributed by atoms with Crippen LogP contribution in [0.15, 0.2) is 0 Å². The van der Waals surface area contributed by atoms with Crippen molar-refractivity contribution in [1.29, 1.82) is 0 Å². The van der Waals surface area contributed by atoms with Crippen molar-refractivity contribution in [3.05, 3.63) is 0 Å². The van der Waals surface area contributed by atoms with E-state index in [1.54, 1.807) is 7.11 Å². The second-order valence-electron chi connectivity index (χ2n) is 5.86. The van der Waals surface area contributed by atoms with Gasteiger partial charge in [-0.05, 0) is 26.7 Å². The molecule has 7 nitrogen and oxygen atoms in total. The summed E-state index contributed by atoms with van der Waals surface area (Å²) in [6, 6.07) is 0. The van der Waals surface area contributed by atoms with Crippen LogP contribution in [0.2, 0.25) is 0 Å². The van der Waals surface area contributed by atoms with Gasteiger partial charge in [0.1, 0.15) is 0 Å². The minimum absolute atomic E-state index is 0.137. The molecule has 7 heteroatoms. The number of aromatic nitrogens is 3. The van der Waals surface area contributed by atoms with Gasteiger partial charge in [0.05, 0.1) is 5.60 Å². The number of ether oxygens (including phenoxy) is 1. The highest BCUT2D eigenvalue weighted by molar-refractivity contribution is 5.45. The maximum absolute atomic E-state index is 5.65. The van der Waals surface area contributed by atoms with E-state index in [4.69, 9.17) is 4.74 Å². The molecule has 2 rings (SSSR count). The molecule has 1 aromatic rings. The van der Waals surface area contributed by atoms with E-state index in [0.29, 0.717) is 17.8 Å². The zero-order valence-electron chi connectivity index (χ0n) is 13.7. The molecule has 0 saturated carbocycles. The van der Waals surface area contributed by atoms with Crippen molar-refractivity contribution in [2.75, 3.05) is 56.0 Å². The minimum Gasteiger partial charge on any atom is -0.377 e. The molecule has 1 aliphatic rings. The van der Waals surface area contributed by atoms with Crippen LogP contribution in [0, 0.1) is 0 Å². The molecule has 0 amide bonds. The van der Waals surface area contributed by atoms with Crippen LogP contribution in [-0.2, 0) is 4.74 Å². The molecule has 1 aromatic heterocycles. The lowest BCUT2D eigenvalue weighted by atomic mass is 9.95. The van der Waals surface area contributed by atoms with Crippen LogP contribution in [0.4, 0.5) is 17.8 Å². The Morgan fingerprint density at radius 3 is 2.71 bits per heavy atom. The fraction of sp³-hybridized carbons (Fsp3) is 0.786. The van der Waals surface area contributed by atoms with Crippen LogP contribution < -0.4 is 15.1 Å². The largest absolute Gasteiger partial charge is 0.377 e. The highest BCUT2D eigenvalue weighted by atomic mass is 16.5. The predicted molar refractivity (Wildman–Crippen MR) is 85.2 cm³/mol. The molecule has 118 valence electrons. The summed E-state index contributed by atoms with van der Waals surface area (Å²) >= 11 is 0. The van der Waals surface area contributed by atoms with Gasteiger partial charge in [-0.25, -0.2) is 0 Å². The molecule has 21 heavy (non-hydrogen) atoms. The number of nitrogens with one attached hydrogen (secondary N) is 1. The Kier molecular flexibility index (Phi) is 4.82. The molecule has 1 saturated heterocycles. The average molecular weight is 294 g/mol. The Labute approximate surface area is 126 Å². The van der Waals surface area contributed by atoms with Crippen molar-refractivity contribution in [3.8, 4) is 0 Å². The van der Waals surface area contributed by atoms with Gasteiger partial charge < -0.3 is 19.9 Å². The van der Waals surface area contributed by atoms with E-state index in [1.165, 1.54) is 0 Å². The third-order valence-electron chi connectivity index (χ3n) is 3.78. The first-order valence-corrected chi connectivity index (χ1v) is 7.45. The standard InChI is InChI=1S/C14H26N6O/c1-6-15-11-16-12(19(3)4)18-13(17-11)20-9-7-8-14(2,10-20)21-5/h6-10H2,1-5H3,(H,15,16,17,18).